The number of benzene rings is 2. The summed E-state index contributed by atoms with van der Waals surface area (Å²) in [5, 5.41) is 2.85. The van der Waals surface area contributed by atoms with Crippen molar-refractivity contribution in [1.82, 2.24) is 0 Å². The van der Waals surface area contributed by atoms with E-state index in [0.29, 0.717) is 18.4 Å². The van der Waals surface area contributed by atoms with E-state index in [-0.39, 0.29) is 16.6 Å². The average Bonchev–Trinajstić information content (AvgIpc) is 2.46. The van der Waals surface area contributed by atoms with Gasteiger partial charge in [-0.05, 0) is 35.7 Å². The maximum absolute atomic E-state index is 14.1. The van der Waals surface area contributed by atoms with Gasteiger partial charge in [0.2, 0.25) is 5.91 Å². The van der Waals surface area contributed by atoms with Crippen LogP contribution in [-0.2, 0) is 11.2 Å². The average molecular weight is 413 g/mol. The van der Waals surface area contributed by atoms with Crippen LogP contribution in [0.4, 0.5) is 10.1 Å². The maximum Gasteiger partial charge on any atom is 0.224 e. The van der Waals surface area contributed by atoms with Gasteiger partial charge in [-0.2, -0.15) is 0 Å². The highest BCUT2D eigenvalue weighted by atomic mass is 79.9. The molecule has 0 aliphatic carbocycles. The van der Waals surface area contributed by atoms with Crippen molar-refractivity contribution in [2.24, 2.45) is 0 Å². The van der Waals surface area contributed by atoms with E-state index in [0.717, 1.165) is 21.3 Å². The second-order valence-electron chi connectivity index (χ2n) is 4.96. The van der Waals surface area contributed by atoms with E-state index in [1.54, 1.807) is 6.07 Å². The molecular weight excluding hydrogens is 401 g/mol. The lowest BCUT2D eigenvalue weighted by atomic mass is 9.97. The second kappa shape index (κ2) is 5.89. The quantitative estimate of drug-likeness (QED) is 0.694. The summed E-state index contributed by atoms with van der Waals surface area (Å²) in [5.74, 6) is -0.209. The van der Waals surface area contributed by atoms with Gasteiger partial charge in [0.05, 0.1) is 4.83 Å². The highest BCUT2D eigenvalue weighted by Gasteiger charge is 2.21. The largest absolute Gasteiger partial charge is 0.326 e. The lowest BCUT2D eigenvalue weighted by Gasteiger charge is -2.20. The third kappa shape index (κ3) is 2.90. The number of nitrogens with one attached hydrogen (secondary N) is 1. The smallest absolute Gasteiger partial charge is 0.224 e. The van der Waals surface area contributed by atoms with Crippen LogP contribution in [0.15, 0.2) is 40.9 Å². The van der Waals surface area contributed by atoms with Crippen LogP contribution in [0.2, 0.25) is 0 Å². The van der Waals surface area contributed by atoms with Crippen LogP contribution in [0.1, 0.15) is 27.9 Å². The van der Waals surface area contributed by atoms with Crippen molar-refractivity contribution in [2.75, 3.05) is 5.32 Å². The zero-order valence-corrected chi connectivity index (χ0v) is 14.2. The van der Waals surface area contributed by atoms with Crippen molar-refractivity contribution < 1.29 is 9.18 Å². The molecule has 0 spiro atoms. The first kappa shape index (κ1) is 14.7. The summed E-state index contributed by atoms with van der Waals surface area (Å²) in [4.78, 5) is 11.1. The van der Waals surface area contributed by atoms with E-state index >= 15 is 0 Å². The van der Waals surface area contributed by atoms with Gasteiger partial charge in [-0.25, -0.2) is 4.39 Å². The zero-order valence-electron chi connectivity index (χ0n) is 11.0. The molecule has 0 saturated carbocycles. The van der Waals surface area contributed by atoms with Crippen LogP contribution >= 0.6 is 31.9 Å². The molecule has 2 aromatic rings. The number of rotatable bonds is 2. The first-order valence-corrected chi connectivity index (χ1v) is 8.28. The maximum atomic E-state index is 14.1. The van der Waals surface area contributed by atoms with Gasteiger partial charge in [-0.1, -0.05) is 50.1 Å². The van der Waals surface area contributed by atoms with Crippen LogP contribution in [0.3, 0.4) is 0 Å². The number of anilines is 1. The molecule has 0 radical (unpaired) electrons. The molecule has 3 rings (SSSR count). The van der Waals surface area contributed by atoms with Crippen LogP contribution < -0.4 is 5.32 Å². The van der Waals surface area contributed by atoms with Crippen molar-refractivity contribution >= 4 is 43.5 Å². The van der Waals surface area contributed by atoms with Crippen LogP contribution in [-0.4, -0.2) is 5.91 Å². The summed E-state index contributed by atoms with van der Waals surface area (Å²) in [7, 11) is 0. The minimum atomic E-state index is -0.253. The normalized spacial score (nSPS) is 15.3. The molecule has 1 amide bonds. The van der Waals surface area contributed by atoms with E-state index in [1.165, 1.54) is 6.07 Å². The molecule has 1 aliphatic rings. The van der Waals surface area contributed by atoms with Gasteiger partial charge in [-0.3, -0.25) is 4.79 Å². The number of amides is 1. The van der Waals surface area contributed by atoms with Gasteiger partial charge >= 0.3 is 0 Å². The topological polar surface area (TPSA) is 29.1 Å². The monoisotopic (exact) mass is 411 g/mol. The lowest BCUT2D eigenvalue weighted by Crippen LogP contribution is -2.19. The van der Waals surface area contributed by atoms with Gasteiger partial charge in [0.15, 0.2) is 0 Å². The van der Waals surface area contributed by atoms with Gasteiger partial charge in [0.25, 0.3) is 0 Å². The van der Waals surface area contributed by atoms with Crippen LogP contribution in [0, 0.1) is 5.82 Å². The molecule has 0 fully saturated rings. The summed E-state index contributed by atoms with van der Waals surface area (Å²) >= 11 is 6.98. The van der Waals surface area contributed by atoms with Crippen molar-refractivity contribution in [1.29, 1.82) is 0 Å². The molecule has 1 atom stereocenters. The van der Waals surface area contributed by atoms with E-state index in [9.17, 15) is 9.18 Å². The molecular formula is C16H12Br2FNO. The van der Waals surface area contributed by atoms with Crippen LogP contribution in [0.25, 0.3) is 0 Å². The van der Waals surface area contributed by atoms with Gasteiger partial charge in [0.1, 0.15) is 5.82 Å². The lowest BCUT2D eigenvalue weighted by molar-refractivity contribution is -0.116. The number of hydrogen-bond acceptors (Lipinski definition) is 1. The molecule has 0 aromatic heterocycles. The van der Waals surface area contributed by atoms with E-state index in [4.69, 9.17) is 0 Å². The Balaban J connectivity index is 1.99. The number of carbonyl (C=O) groups is 1. The Kier molecular flexibility index (Phi) is 4.13. The van der Waals surface area contributed by atoms with Crippen LogP contribution in [0.5, 0.6) is 0 Å². The van der Waals surface area contributed by atoms with E-state index in [1.807, 2.05) is 24.3 Å². The predicted octanol–water partition coefficient (Wildman–Crippen LogP) is 4.96. The predicted molar refractivity (Wildman–Crippen MR) is 88.3 cm³/mol. The van der Waals surface area contributed by atoms with Crippen molar-refractivity contribution in [3.8, 4) is 0 Å². The number of aryl methyl sites for hydroxylation is 1. The molecule has 108 valence electrons. The first-order valence-electron chi connectivity index (χ1n) is 6.57. The summed E-state index contributed by atoms with van der Waals surface area (Å²) < 4.78 is 14.8. The molecule has 2 aromatic carbocycles. The Labute approximate surface area is 139 Å². The number of halogens is 3. The molecule has 1 aliphatic heterocycles. The van der Waals surface area contributed by atoms with Crippen molar-refractivity contribution in [2.45, 2.75) is 17.7 Å². The minimum absolute atomic E-state index is 0.0440. The van der Waals surface area contributed by atoms with Crippen molar-refractivity contribution in [3.63, 3.8) is 0 Å². The minimum Gasteiger partial charge on any atom is -0.326 e. The molecule has 21 heavy (non-hydrogen) atoms. The molecule has 5 heteroatoms. The summed E-state index contributed by atoms with van der Waals surface area (Å²) in [6.45, 7) is 0. The second-order valence-corrected chi connectivity index (χ2v) is 6.73. The van der Waals surface area contributed by atoms with E-state index < -0.39 is 0 Å². The zero-order chi connectivity index (χ0) is 15.0. The van der Waals surface area contributed by atoms with Gasteiger partial charge in [0, 0.05) is 22.1 Å². The highest BCUT2D eigenvalue weighted by molar-refractivity contribution is 9.11. The molecule has 1 N–H and O–H groups in total. The van der Waals surface area contributed by atoms with Crippen molar-refractivity contribution in [3.05, 3.63) is 63.4 Å². The summed E-state index contributed by atoms with van der Waals surface area (Å²) in [6, 6.07) is 10.8. The number of hydrogen-bond donors (Lipinski definition) is 1. The SMILES string of the molecule is O=C1CCc2cc(C(Br)c3c(F)cccc3Br)ccc2N1. The fourth-order valence-corrected chi connectivity index (χ4v) is 4.11. The highest BCUT2D eigenvalue weighted by Crippen LogP contribution is 2.38. The Morgan fingerprint density at radius 1 is 1.19 bits per heavy atom. The Hall–Kier alpha value is -1.20. The van der Waals surface area contributed by atoms with E-state index in [2.05, 4.69) is 37.2 Å². The Bertz CT molecular complexity index is 697. The number of carbonyl (C=O) groups excluding carboxylic acids is 1. The first-order chi connectivity index (χ1) is 10.1. The summed E-state index contributed by atoms with van der Waals surface area (Å²) in [5.41, 5.74) is 3.49. The fourth-order valence-electron chi connectivity index (χ4n) is 2.48. The molecule has 2 nitrogen and oxygen atoms in total. The van der Waals surface area contributed by atoms with Gasteiger partial charge < -0.3 is 5.32 Å². The third-order valence-corrected chi connectivity index (χ3v) is 5.25. The molecule has 1 heterocycles. The summed E-state index contributed by atoms with van der Waals surface area (Å²) in [6.07, 6.45) is 1.21. The fraction of sp³-hybridized carbons (Fsp3) is 0.188. The Morgan fingerprint density at radius 3 is 2.76 bits per heavy atom. The number of fused-ring (bicyclic) bond motifs is 1. The van der Waals surface area contributed by atoms with Gasteiger partial charge in [-0.15, -0.1) is 0 Å². The molecule has 0 bridgehead atoms. The standard InChI is InChI=1S/C16H12Br2FNO/c17-11-2-1-3-12(19)15(11)16(18)10-4-6-13-9(8-10)5-7-14(21)20-13/h1-4,6,8,16H,5,7H2,(H,20,21). The molecule has 1 unspecified atom stereocenters. The molecule has 0 saturated heterocycles. The third-order valence-electron chi connectivity index (χ3n) is 3.57. The number of alkyl halides is 1. The Morgan fingerprint density at radius 2 is 2.00 bits per heavy atom.